The van der Waals surface area contributed by atoms with E-state index in [0.29, 0.717) is 23.4 Å². The van der Waals surface area contributed by atoms with Crippen molar-refractivity contribution < 1.29 is 14.6 Å². The summed E-state index contributed by atoms with van der Waals surface area (Å²) in [6.07, 6.45) is 1.67. The van der Waals surface area contributed by atoms with Crippen LogP contribution >= 0.6 is 0 Å². The zero-order chi connectivity index (χ0) is 21.5. The van der Waals surface area contributed by atoms with E-state index in [0.717, 1.165) is 36.0 Å². The highest BCUT2D eigenvalue weighted by Crippen LogP contribution is 2.26. The number of pyridine rings is 1. The van der Waals surface area contributed by atoms with E-state index >= 15 is 0 Å². The zero-order valence-electron chi connectivity index (χ0n) is 17.9. The minimum atomic E-state index is -0.556. The van der Waals surface area contributed by atoms with Gasteiger partial charge in [0.2, 0.25) is 0 Å². The average Bonchev–Trinajstić information content (AvgIpc) is 2.78. The van der Waals surface area contributed by atoms with Crippen LogP contribution in [-0.2, 0) is 7.05 Å². The first-order valence-electron chi connectivity index (χ1n) is 10.3. The predicted molar refractivity (Wildman–Crippen MR) is 120 cm³/mol. The number of aliphatic hydroxyl groups excluding tert-OH is 1. The van der Waals surface area contributed by atoms with Gasteiger partial charge in [-0.25, -0.2) is 0 Å². The van der Waals surface area contributed by atoms with Crippen molar-refractivity contribution in [3.8, 4) is 22.8 Å². The van der Waals surface area contributed by atoms with Gasteiger partial charge in [-0.2, -0.15) is 0 Å². The molecule has 0 spiro atoms. The summed E-state index contributed by atoms with van der Waals surface area (Å²) in [5.41, 5.74) is 1.67. The van der Waals surface area contributed by atoms with Gasteiger partial charge in [0.15, 0.2) is 0 Å². The van der Waals surface area contributed by atoms with Crippen LogP contribution in [0.2, 0.25) is 0 Å². The van der Waals surface area contributed by atoms with Crippen LogP contribution in [0.15, 0.2) is 53.3 Å². The highest BCUT2D eigenvalue weighted by Gasteiger charge is 2.10. The molecule has 1 aromatic heterocycles. The third kappa shape index (κ3) is 5.20. The van der Waals surface area contributed by atoms with Gasteiger partial charge in [-0.15, -0.1) is 0 Å². The molecule has 3 rings (SSSR count). The van der Waals surface area contributed by atoms with Crippen LogP contribution in [0, 0.1) is 0 Å². The fourth-order valence-electron chi connectivity index (χ4n) is 3.33. The summed E-state index contributed by atoms with van der Waals surface area (Å²) >= 11 is 0. The lowest BCUT2D eigenvalue weighted by atomic mass is 10.1. The normalized spacial score (nSPS) is 12.1. The highest BCUT2D eigenvalue weighted by atomic mass is 16.5. The molecule has 6 heteroatoms. The van der Waals surface area contributed by atoms with Gasteiger partial charge in [-0.05, 0) is 66.4 Å². The molecule has 3 aromatic rings. The summed E-state index contributed by atoms with van der Waals surface area (Å²) in [6.45, 7) is 3.79. The van der Waals surface area contributed by atoms with Crippen LogP contribution < -0.4 is 20.3 Å². The molecule has 2 aromatic carbocycles. The molecule has 160 valence electrons. The third-order valence-corrected chi connectivity index (χ3v) is 5.13. The number of nitrogens with zero attached hydrogens (tertiary/aromatic N) is 1. The molecule has 6 nitrogen and oxygen atoms in total. The number of methoxy groups -OCH3 is 1. The van der Waals surface area contributed by atoms with E-state index in [2.05, 4.69) is 12.2 Å². The summed E-state index contributed by atoms with van der Waals surface area (Å²) in [7, 11) is 3.36. The van der Waals surface area contributed by atoms with Crippen LogP contribution in [0.4, 0.5) is 0 Å². The number of nitrogens with one attached hydrogen (secondary N) is 1. The van der Waals surface area contributed by atoms with Crippen molar-refractivity contribution in [3.63, 3.8) is 0 Å². The van der Waals surface area contributed by atoms with Crippen molar-refractivity contribution in [1.29, 1.82) is 0 Å². The van der Waals surface area contributed by atoms with Crippen LogP contribution in [0.25, 0.3) is 22.0 Å². The van der Waals surface area contributed by atoms with Gasteiger partial charge in [0.05, 0.1) is 18.2 Å². The molecule has 30 heavy (non-hydrogen) atoms. The van der Waals surface area contributed by atoms with Crippen molar-refractivity contribution >= 4 is 10.8 Å². The maximum absolute atomic E-state index is 12.8. The Hall–Kier alpha value is -2.83. The third-order valence-electron chi connectivity index (χ3n) is 5.13. The van der Waals surface area contributed by atoms with E-state index in [-0.39, 0.29) is 12.2 Å². The Bertz CT molecular complexity index is 1030. The molecule has 0 bridgehead atoms. The maximum atomic E-state index is 12.8. The second kappa shape index (κ2) is 10.3. The van der Waals surface area contributed by atoms with Gasteiger partial charge in [-0.1, -0.05) is 19.4 Å². The number of hydrogen-bond acceptors (Lipinski definition) is 5. The molecule has 1 atom stereocenters. The van der Waals surface area contributed by atoms with Gasteiger partial charge in [0.25, 0.3) is 5.56 Å². The van der Waals surface area contributed by atoms with Crippen molar-refractivity contribution in [2.45, 2.75) is 25.9 Å². The van der Waals surface area contributed by atoms with E-state index in [1.807, 2.05) is 42.5 Å². The first-order chi connectivity index (χ1) is 14.5. The number of benzene rings is 2. The Morgan fingerprint density at radius 2 is 1.83 bits per heavy atom. The van der Waals surface area contributed by atoms with Crippen molar-refractivity contribution in [2.75, 3.05) is 26.8 Å². The molecule has 0 aliphatic heterocycles. The van der Waals surface area contributed by atoms with Crippen molar-refractivity contribution in [1.82, 2.24) is 9.88 Å². The highest BCUT2D eigenvalue weighted by molar-refractivity contribution is 5.86. The fourth-order valence-corrected chi connectivity index (χ4v) is 3.33. The number of fused-ring (bicyclic) bond motifs is 1. The van der Waals surface area contributed by atoms with Gasteiger partial charge in [0.1, 0.15) is 24.2 Å². The summed E-state index contributed by atoms with van der Waals surface area (Å²) in [6, 6.07) is 15.1. The summed E-state index contributed by atoms with van der Waals surface area (Å²) in [5, 5.41) is 14.7. The Morgan fingerprint density at radius 3 is 2.53 bits per heavy atom. The minimum absolute atomic E-state index is 0.0691. The standard InChI is InChI=1S/C24H30N2O4/c1-4-5-12-25-15-19(27)16-30-20-9-6-17(7-10-20)23-13-18-8-11-21(29-3)14-22(18)24(28)26(23)2/h6-11,13-14,19,25,27H,4-5,12,15-16H2,1-3H3/t19-/m1/s1. The number of aliphatic hydroxyl groups is 1. The van der Waals surface area contributed by atoms with Crippen LogP contribution in [0.5, 0.6) is 11.5 Å². The Balaban J connectivity index is 1.71. The maximum Gasteiger partial charge on any atom is 0.258 e. The minimum Gasteiger partial charge on any atom is -0.497 e. The molecule has 2 N–H and O–H groups in total. The second-order valence-electron chi connectivity index (χ2n) is 7.39. The molecule has 0 saturated carbocycles. The van der Waals surface area contributed by atoms with E-state index in [9.17, 15) is 9.90 Å². The number of aromatic nitrogens is 1. The van der Waals surface area contributed by atoms with Crippen molar-refractivity contribution in [3.05, 3.63) is 58.9 Å². The molecule has 0 radical (unpaired) electrons. The van der Waals surface area contributed by atoms with Gasteiger partial charge in [0, 0.05) is 13.6 Å². The van der Waals surface area contributed by atoms with Gasteiger partial charge < -0.3 is 24.5 Å². The smallest absolute Gasteiger partial charge is 0.258 e. The van der Waals surface area contributed by atoms with E-state index in [1.165, 1.54) is 0 Å². The molecule has 0 amide bonds. The topological polar surface area (TPSA) is 72.7 Å². The van der Waals surface area contributed by atoms with Gasteiger partial charge in [-0.3, -0.25) is 4.79 Å². The molecule has 0 aliphatic rings. The lowest BCUT2D eigenvalue weighted by Crippen LogP contribution is -2.31. The molecular formula is C24H30N2O4. The number of ether oxygens (including phenoxy) is 2. The van der Waals surface area contributed by atoms with Crippen molar-refractivity contribution in [2.24, 2.45) is 7.05 Å². The monoisotopic (exact) mass is 410 g/mol. The van der Waals surface area contributed by atoms with E-state index in [1.54, 1.807) is 24.8 Å². The second-order valence-corrected chi connectivity index (χ2v) is 7.39. The first kappa shape index (κ1) is 21.9. The number of unbranched alkanes of at least 4 members (excludes halogenated alkanes) is 1. The molecule has 0 saturated heterocycles. The molecule has 0 fully saturated rings. The SMILES string of the molecule is CCCCNC[C@@H](O)COc1ccc(-c2cc3ccc(OC)cc3c(=O)n2C)cc1. The van der Waals surface area contributed by atoms with E-state index in [4.69, 9.17) is 9.47 Å². The average molecular weight is 411 g/mol. The fraction of sp³-hybridized carbons (Fsp3) is 0.375. The largest absolute Gasteiger partial charge is 0.497 e. The van der Waals surface area contributed by atoms with E-state index < -0.39 is 6.10 Å². The molecule has 0 unspecified atom stereocenters. The lowest BCUT2D eigenvalue weighted by Gasteiger charge is -2.14. The summed E-state index contributed by atoms with van der Waals surface area (Å²) < 4.78 is 12.6. The summed E-state index contributed by atoms with van der Waals surface area (Å²) in [4.78, 5) is 12.8. The quantitative estimate of drug-likeness (QED) is 0.502. The zero-order valence-corrected chi connectivity index (χ0v) is 17.9. The molecular weight excluding hydrogens is 380 g/mol. The Morgan fingerprint density at radius 1 is 1.10 bits per heavy atom. The lowest BCUT2D eigenvalue weighted by molar-refractivity contribution is 0.106. The molecule has 1 heterocycles. The van der Waals surface area contributed by atoms with Crippen LogP contribution in [0.1, 0.15) is 19.8 Å². The van der Waals surface area contributed by atoms with Gasteiger partial charge >= 0.3 is 0 Å². The number of hydrogen-bond donors (Lipinski definition) is 2. The Kier molecular flexibility index (Phi) is 7.49. The first-order valence-corrected chi connectivity index (χ1v) is 10.3. The summed E-state index contributed by atoms with van der Waals surface area (Å²) in [5.74, 6) is 1.35. The predicted octanol–water partition coefficient (Wildman–Crippen LogP) is 3.34. The number of rotatable bonds is 10. The Labute approximate surface area is 177 Å². The molecule has 0 aliphatic carbocycles. The van der Waals surface area contributed by atoms with Crippen LogP contribution in [0.3, 0.4) is 0 Å². The van der Waals surface area contributed by atoms with Crippen LogP contribution in [-0.4, -0.2) is 42.6 Å².